The highest BCUT2D eigenvalue weighted by Gasteiger charge is 2.11. The van der Waals surface area contributed by atoms with Gasteiger partial charge in [0.25, 0.3) is 0 Å². The zero-order chi connectivity index (χ0) is 11.7. The molecular weight excluding hydrogens is 182 g/mol. The molecule has 0 N–H and O–H groups in total. The van der Waals surface area contributed by atoms with E-state index in [4.69, 9.17) is 0 Å². The second-order valence-corrected chi connectivity index (χ2v) is 4.00. The fourth-order valence-electron chi connectivity index (χ4n) is 1.48. The Bertz CT molecular complexity index is 191. The molecule has 0 aromatic heterocycles. The highest BCUT2D eigenvalue weighted by atomic mass is 15.1. The van der Waals surface area contributed by atoms with E-state index in [-0.39, 0.29) is 0 Å². The number of likely N-dealkylation sites (tertiary alicyclic amines) is 1. The van der Waals surface area contributed by atoms with E-state index in [1.54, 1.807) is 5.57 Å². The number of allylic oxidation sites excluding steroid dienone is 3. The molecular formula is C14H27N. The van der Waals surface area contributed by atoms with E-state index in [1.807, 2.05) is 19.9 Å². The molecule has 1 heterocycles. The lowest BCUT2D eigenvalue weighted by molar-refractivity contribution is 0.418. The minimum absolute atomic E-state index is 1.32. The van der Waals surface area contributed by atoms with Crippen LogP contribution in [0, 0.1) is 0 Å². The fourth-order valence-corrected chi connectivity index (χ4v) is 1.48. The summed E-state index contributed by atoms with van der Waals surface area (Å²) in [6.45, 7) is 12.4. The Balaban J connectivity index is 0.000000227. The normalized spacial score (nSPS) is 18.3. The number of hydrogen-bond donors (Lipinski definition) is 0. The largest absolute Gasteiger partial charge is 0.306 e. The summed E-state index contributed by atoms with van der Waals surface area (Å²) in [4.78, 5) is 2.36. The predicted octanol–water partition coefficient (Wildman–Crippen LogP) is 4.02. The first kappa shape index (κ1) is 14.4. The van der Waals surface area contributed by atoms with E-state index in [9.17, 15) is 0 Å². The van der Waals surface area contributed by atoms with Gasteiger partial charge in [-0.1, -0.05) is 37.6 Å². The first-order valence-electron chi connectivity index (χ1n) is 6.23. The molecule has 15 heavy (non-hydrogen) atoms. The van der Waals surface area contributed by atoms with Crippen molar-refractivity contribution >= 4 is 0 Å². The fraction of sp³-hybridized carbons (Fsp3) is 0.714. The van der Waals surface area contributed by atoms with E-state index in [2.05, 4.69) is 25.5 Å². The summed E-state index contributed by atoms with van der Waals surface area (Å²) in [7, 11) is 2.17. The van der Waals surface area contributed by atoms with Gasteiger partial charge in [-0.3, -0.25) is 0 Å². The summed E-state index contributed by atoms with van der Waals surface area (Å²) in [5.74, 6) is 0. The Labute approximate surface area is 95.9 Å². The number of hydrogen-bond acceptors (Lipinski definition) is 1. The molecule has 0 spiro atoms. The van der Waals surface area contributed by atoms with Crippen molar-refractivity contribution in [1.29, 1.82) is 0 Å². The van der Waals surface area contributed by atoms with Crippen molar-refractivity contribution in [1.82, 2.24) is 4.90 Å². The van der Waals surface area contributed by atoms with Gasteiger partial charge in [-0.05, 0) is 52.7 Å². The van der Waals surface area contributed by atoms with Gasteiger partial charge in [0.1, 0.15) is 0 Å². The lowest BCUT2D eigenvalue weighted by atomic mass is 10.3. The van der Waals surface area contributed by atoms with Crippen LogP contribution in [0.2, 0.25) is 0 Å². The molecule has 2 fully saturated rings. The van der Waals surface area contributed by atoms with Gasteiger partial charge in [-0.2, -0.15) is 0 Å². The molecule has 1 saturated carbocycles. The molecule has 0 aromatic carbocycles. The Morgan fingerprint density at radius 3 is 1.80 bits per heavy atom. The van der Waals surface area contributed by atoms with Gasteiger partial charge in [-0.15, -0.1) is 0 Å². The Hall–Kier alpha value is -0.560. The third-order valence-electron chi connectivity index (χ3n) is 2.69. The minimum atomic E-state index is 1.32. The van der Waals surface area contributed by atoms with Crippen LogP contribution in [-0.2, 0) is 0 Å². The van der Waals surface area contributed by atoms with Gasteiger partial charge in [0.05, 0.1) is 0 Å². The first-order valence-corrected chi connectivity index (χ1v) is 6.23. The van der Waals surface area contributed by atoms with Gasteiger partial charge in [0, 0.05) is 0 Å². The van der Waals surface area contributed by atoms with Gasteiger partial charge in [0.15, 0.2) is 0 Å². The zero-order valence-corrected chi connectivity index (χ0v) is 11.0. The lowest BCUT2D eigenvalue weighted by Crippen LogP contribution is -2.10. The van der Waals surface area contributed by atoms with Gasteiger partial charge >= 0.3 is 0 Å². The maximum absolute atomic E-state index is 3.66. The van der Waals surface area contributed by atoms with Crippen LogP contribution in [0.5, 0.6) is 0 Å². The lowest BCUT2D eigenvalue weighted by Gasteiger charge is -2.01. The summed E-state index contributed by atoms with van der Waals surface area (Å²) in [6, 6.07) is 0. The van der Waals surface area contributed by atoms with E-state index < -0.39 is 0 Å². The van der Waals surface area contributed by atoms with Crippen LogP contribution >= 0.6 is 0 Å². The van der Waals surface area contributed by atoms with Crippen LogP contribution in [-0.4, -0.2) is 25.0 Å². The second-order valence-electron chi connectivity index (χ2n) is 4.00. The van der Waals surface area contributed by atoms with Crippen LogP contribution in [0.3, 0.4) is 0 Å². The summed E-state index contributed by atoms with van der Waals surface area (Å²) < 4.78 is 0. The molecule has 1 nitrogen and oxygen atoms in total. The molecule has 2 rings (SSSR count). The van der Waals surface area contributed by atoms with Crippen molar-refractivity contribution in [2.24, 2.45) is 0 Å². The highest BCUT2D eigenvalue weighted by molar-refractivity contribution is 5.30. The SMILES string of the molecule is C=CC(C)=C1CC1.CC.CN1CCCC1. The summed E-state index contributed by atoms with van der Waals surface area (Å²) >= 11 is 0. The van der Waals surface area contributed by atoms with Crippen molar-refractivity contribution < 1.29 is 0 Å². The first-order chi connectivity index (χ1) is 7.24. The molecule has 0 unspecified atom stereocenters. The van der Waals surface area contributed by atoms with E-state index in [0.29, 0.717) is 0 Å². The van der Waals surface area contributed by atoms with Crippen LogP contribution in [0.15, 0.2) is 23.8 Å². The average Bonchev–Trinajstić information content (AvgIpc) is 3.03. The average molecular weight is 209 g/mol. The minimum Gasteiger partial charge on any atom is -0.306 e. The van der Waals surface area contributed by atoms with Gasteiger partial charge in [-0.25, -0.2) is 0 Å². The summed E-state index contributed by atoms with van der Waals surface area (Å²) in [6.07, 6.45) is 7.39. The van der Waals surface area contributed by atoms with Crippen LogP contribution in [0.25, 0.3) is 0 Å². The maximum Gasteiger partial charge on any atom is -0.00213 e. The smallest absolute Gasteiger partial charge is 0.00213 e. The Morgan fingerprint density at radius 1 is 1.20 bits per heavy atom. The van der Waals surface area contributed by atoms with Gasteiger partial charge in [0.2, 0.25) is 0 Å². The second kappa shape index (κ2) is 8.72. The monoisotopic (exact) mass is 209 g/mol. The summed E-state index contributed by atoms with van der Waals surface area (Å²) in [5.41, 5.74) is 2.98. The Morgan fingerprint density at radius 2 is 1.67 bits per heavy atom. The predicted molar refractivity (Wildman–Crippen MR) is 70.2 cm³/mol. The molecule has 1 aliphatic carbocycles. The molecule has 1 saturated heterocycles. The van der Waals surface area contributed by atoms with Crippen LogP contribution in [0.1, 0.15) is 46.5 Å². The number of nitrogens with zero attached hydrogens (tertiary/aromatic N) is 1. The Kier molecular flexibility index (Phi) is 8.40. The van der Waals surface area contributed by atoms with Crippen molar-refractivity contribution in [3.63, 3.8) is 0 Å². The molecule has 2 aliphatic rings. The molecule has 0 aromatic rings. The third kappa shape index (κ3) is 7.38. The van der Waals surface area contributed by atoms with E-state index in [0.717, 1.165) is 0 Å². The molecule has 0 amide bonds. The zero-order valence-electron chi connectivity index (χ0n) is 11.0. The standard InChI is InChI=1S/C7H10.C5H11N.C2H6/c1-3-6(2)7-4-5-7;1-6-4-2-3-5-6;1-2/h3H,1,4-5H2,2H3;2-5H2,1H3;1-2H3. The van der Waals surface area contributed by atoms with E-state index in [1.165, 1.54) is 44.3 Å². The van der Waals surface area contributed by atoms with Crippen molar-refractivity contribution in [2.45, 2.75) is 46.5 Å². The molecule has 0 atom stereocenters. The molecule has 1 aliphatic heterocycles. The maximum atomic E-state index is 3.66. The highest BCUT2D eigenvalue weighted by Crippen LogP contribution is 2.31. The van der Waals surface area contributed by atoms with Crippen LogP contribution in [0.4, 0.5) is 0 Å². The topological polar surface area (TPSA) is 3.24 Å². The third-order valence-corrected chi connectivity index (χ3v) is 2.69. The van der Waals surface area contributed by atoms with Crippen molar-refractivity contribution in [3.8, 4) is 0 Å². The van der Waals surface area contributed by atoms with E-state index >= 15 is 0 Å². The van der Waals surface area contributed by atoms with Gasteiger partial charge < -0.3 is 4.90 Å². The van der Waals surface area contributed by atoms with Crippen LogP contribution < -0.4 is 0 Å². The number of rotatable bonds is 1. The summed E-state index contributed by atoms with van der Waals surface area (Å²) in [5, 5.41) is 0. The molecule has 1 heteroatoms. The van der Waals surface area contributed by atoms with Crippen molar-refractivity contribution in [2.75, 3.05) is 20.1 Å². The quantitative estimate of drug-likeness (QED) is 0.630. The van der Waals surface area contributed by atoms with Crippen molar-refractivity contribution in [3.05, 3.63) is 23.8 Å². The molecule has 0 bridgehead atoms. The molecule has 88 valence electrons. The molecule has 0 radical (unpaired) electrons.